The van der Waals surface area contributed by atoms with E-state index < -0.39 is 10.7 Å². The number of benzene rings is 1. The van der Waals surface area contributed by atoms with Crippen LogP contribution in [0.3, 0.4) is 0 Å². The standard InChI is InChI=1S/C10H14O2S/c1-6-5-7(2)9(4)10(8(6)3)13(11)12/h5,13H,1-4H3. The molecule has 0 atom stereocenters. The zero-order valence-electron chi connectivity index (χ0n) is 8.34. The monoisotopic (exact) mass is 198 g/mol. The summed E-state index contributed by atoms with van der Waals surface area (Å²) in [4.78, 5) is 0.493. The van der Waals surface area contributed by atoms with Crippen LogP contribution in [0.1, 0.15) is 22.3 Å². The van der Waals surface area contributed by atoms with E-state index >= 15 is 0 Å². The quantitative estimate of drug-likeness (QED) is 0.699. The molecule has 0 spiro atoms. The van der Waals surface area contributed by atoms with Crippen LogP contribution in [-0.4, -0.2) is 8.42 Å². The molecule has 0 saturated heterocycles. The SMILES string of the molecule is Cc1cc(C)c(C)c([SH](=O)=O)c1C. The highest BCUT2D eigenvalue weighted by Crippen LogP contribution is 2.22. The van der Waals surface area contributed by atoms with E-state index in [0.29, 0.717) is 4.90 Å². The highest BCUT2D eigenvalue weighted by atomic mass is 32.2. The smallest absolute Gasteiger partial charge is 0.168 e. The van der Waals surface area contributed by atoms with Crippen LogP contribution in [0.4, 0.5) is 0 Å². The molecule has 13 heavy (non-hydrogen) atoms. The van der Waals surface area contributed by atoms with E-state index in [4.69, 9.17) is 0 Å². The lowest BCUT2D eigenvalue weighted by Gasteiger charge is -2.09. The van der Waals surface area contributed by atoms with Crippen molar-refractivity contribution < 1.29 is 8.42 Å². The van der Waals surface area contributed by atoms with Crippen molar-refractivity contribution in [2.24, 2.45) is 0 Å². The molecule has 0 aliphatic rings. The van der Waals surface area contributed by atoms with Gasteiger partial charge in [-0.1, -0.05) is 6.07 Å². The summed E-state index contributed by atoms with van der Waals surface area (Å²) in [7, 11) is -2.47. The first-order valence-corrected chi connectivity index (χ1v) is 5.34. The van der Waals surface area contributed by atoms with E-state index in [-0.39, 0.29) is 0 Å². The first kappa shape index (κ1) is 10.3. The van der Waals surface area contributed by atoms with Crippen molar-refractivity contribution in [1.82, 2.24) is 0 Å². The molecule has 72 valence electrons. The Morgan fingerprint density at radius 3 is 1.62 bits per heavy atom. The lowest BCUT2D eigenvalue weighted by Crippen LogP contribution is -1.97. The minimum Gasteiger partial charge on any atom is -0.227 e. The molecule has 1 rings (SSSR count). The zero-order valence-corrected chi connectivity index (χ0v) is 9.24. The topological polar surface area (TPSA) is 34.1 Å². The maximum atomic E-state index is 11.0. The molecule has 0 saturated carbocycles. The van der Waals surface area contributed by atoms with Gasteiger partial charge in [0.15, 0.2) is 10.7 Å². The van der Waals surface area contributed by atoms with E-state index in [1.165, 1.54) is 0 Å². The summed E-state index contributed by atoms with van der Waals surface area (Å²) >= 11 is 0. The van der Waals surface area contributed by atoms with Gasteiger partial charge in [0.25, 0.3) is 0 Å². The molecule has 0 heterocycles. The zero-order chi connectivity index (χ0) is 10.2. The molecule has 3 heteroatoms. The van der Waals surface area contributed by atoms with Crippen molar-refractivity contribution in [3.05, 3.63) is 28.3 Å². The van der Waals surface area contributed by atoms with Gasteiger partial charge in [-0.05, 0) is 49.9 Å². The maximum absolute atomic E-state index is 11.0. The fourth-order valence-corrected chi connectivity index (χ4v) is 2.37. The van der Waals surface area contributed by atoms with Gasteiger partial charge in [-0.3, -0.25) is 0 Å². The summed E-state index contributed by atoms with van der Waals surface area (Å²) in [6.07, 6.45) is 0. The summed E-state index contributed by atoms with van der Waals surface area (Å²) in [5.74, 6) is 0. The first-order valence-electron chi connectivity index (χ1n) is 4.17. The lowest BCUT2D eigenvalue weighted by atomic mass is 10.0. The predicted octanol–water partition coefficient (Wildman–Crippen LogP) is 1.89. The van der Waals surface area contributed by atoms with Gasteiger partial charge in [-0.25, -0.2) is 8.42 Å². The van der Waals surface area contributed by atoms with E-state index in [0.717, 1.165) is 22.3 Å². The predicted molar refractivity (Wildman–Crippen MR) is 54.0 cm³/mol. The molecular formula is C10H14O2S. The van der Waals surface area contributed by atoms with Crippen LogP contribution in [0.25, 0.3) is 0 Å². The second kappa shape index (κ2) is 3.50. The normalized spacial score (nSPS) is 10.8. The van der Waals surface area contributed by atoms with Gasteiger partial charge in [-0.2, -0.15) is 0 Å². The Labute approximate surface area is 80.5 Å². The fraction of sp³-hybridized carbons (Fsp3) is 0.400. The van der Waals surface area contributed by atoms with Crippen LogP contribution in [0.5, 0.6) is 0 Å². The fourth-order valence-electron chi connectivity index (χ4n) is 1.47. The molecule has 2 nitrogen and oxygen atoms in total. The van der Waals surface area contributed by atoms with Crippen LogP contribution in [0.15, 0.2) is 11.0 Å². The summed E-state index contributed by atoms with van der Waals surface area (Å²) in [5, 5.41) is 0. The second-order valence-electron chi connectivity index (χ2n) is 3.37. The van der Waals surface area contributed by atoms with Gasteiger partial charge in [0.1, 0.15) is 0 Å². The van der Waals surface area contributed by atoms with E-state index in [1.807, 2.05) is 33.8 Å². The van der Waals surface area contributed by atoms with Gasteiger partial charge < -0.3 is 0 Å². The molecule has 0 N–H and O–H groups in total. The van der Waals surface area contributed by atoms with Gasteiger partial charge >= 0.3 is 0 Å². The Bertz CT molecular complexity index is 383. The van der Waals surface area contributed by atoms with Crippen molar-refractivity contribution in [2.45, 2.75) is 32.6 Å². The number of hydrogen-bond donors (Lipinski definition) is 1. The van der Waals surface area contributed by atoms with Crippen LogP contribution in [-0.2, 0) is 10.7 Å². The van der Waals surface area contributed by atoms with Crippen molar-refractivity contribution in [3.8, 4) is 0 Å². The molecule has 0 aliphatic heterocycles. The van der Waals surface area contributed by atoms with Crippen molar-refractivity contribution in [3.63, 3.8) is 0 Å². The molecule has 0 aliphatic carbocycles. The molecule has 0 radical (unpaired) electrons. The molecule has 0 fully saturated rings. The minimum absolute atomic E-state index is 0.493. The molecule has 0 bridgehead atoms. The number of thiol groups is 1. The molecule has 0 unspecified atom stereocenters. The summed E-state index contributed by atoms with van der Waals surface area (Å²) < 4.78 is 22.0. The Morgan fingerprint density at radius 2 is 1.31 bits per heavy atom. The number of hydrogen-bond acceptors (Lipinski definition) is 2. The third-order valence-corrected chi connectivity index (χ3v) is 3.54. The average molecular weight is 198 g/mol. The number of rotatable bonds is 1. The Kier molecular flexibility index (Phi) is 2.76. The second-order valence-corrected chi connectivity index (χ2v) is 4.33. The Balaban J connectivity index is 3.65. The molecule has 0 amide bonds. The Hall–Kier alpha value is -0.830. The number of aryl methyl sites for hydroxylation is 2. The highest BCUT2D eigenvalue weighted by molar-refractivity contribution is 7.72. The van der Waals surface area contributed by atoms with Crippen LogP contribution >= 0.6 is 0 Å². The van der Waals surface area contributed by atoms with Crippen LogP contribution < -0.4 is 0 Å². The van der Waals surface area contributed by atoms with E-state index in [2.05, 4.69) is 0 Å². The van der Waals surface area contributed by atoms with Gasteiger partial charge in [0.2, 0.25) is 0 Å². The average Bonchev–Trinajstić information content (AvgIpc) is 2.01. The Morgan fingerprint density at radius 1 is 0.923 bits per heavy atom. The van der Waals surface area contributed by atoms with Gasteiger partial charge in [0, 0.05) is 0 Å². The van der Waals surface area contributed by atoms with E-state index in [9.17, 15) is 8.42 Å². The van der Waals surface area contributed by atoms with Crippen LogP contribution in [0, 0.1) is 27.7 Å². The van der Waals surface area contributed by atoms with Gasteiger partial charge in [-0.15, -0.1) is 0 Å². The molecule has 0 aromatic heterocycles. The van der Waals surface area contributed by atoms with Crippen LogP contribution in [0.2, 0.25) is 0 Å². The summed E-state index contributed by atoms with van der Waals surface area (Å²) in [6.45, 7) is 7.57. The third kappa shape index (κ3) is 1.75. The van der Waals surface area contributed by atoms with Crippen molar-refractivity contribution in [2.75, 3.05) is 0 Å². The summed E-state index contributed by atoms with van der Waals surface area (Å²) in [6, 6.07) is 2.02. The molecule has 1 aromatic carbocycles. The van der Waals surface area contributed by atoms with E-state index in [1.54, 1.807) is 0 Å². The largest absolute Gasteiger partial charge is 0.227 e. The van der Waals surface area contributed by atoms with Crippen molar-refractivity contribution in [1.29, 1.82) is 0 Å². The molecule has 1 aromatic rings. The van der Waals surface area contributed by atoms with Crippen molar-refractivity contribution >= 4 is 10.7 Å². The summed E-state index contributed by atoms with van der Waals surface area (Å²) in [5.41, 5.74) is 3.83. The third-order valence-electron chi connectivity index (χ3n) is 2.51. The highest BCUT2D eigenvalue weighted by Gasteiger charge is 2.09. The van der Waals surface area contributed by atoms with Gasteiger partial charge in [0.05, 0.1) is 4.90 Å². The molecular weight excluding hydrogens is 184 g/mol. The maximum Gasteiger partial charge on any atom is 0.168 e. The lowest BCUT2D eigenvalue weighted by molar-refractivity contribution is 0.613. The minimum atomic E-state index is -2.47. The first-order chi connectivity index (χ1) is 5.95.